The minimum Gasteiger partial charge on any atom is -0.273 e. The van der Waals surface area contributed by atoms with E-state index in [1.165, 1.54) is 30.0 Å². The van der Waals surface area contributed by atoms with Crippen LogP contribution in [0.15, 0.2) is 44.9 Å². The van der Waals surface area contributed by atoms with Crippen LogP contribution < -0.4 is 11.2 Å². The molecule has 172 valence electrons. The van der Waals surface area contributed by atoms with Crippen LogP contribution in [-0.4, -0.2) is 26.7 Å². The van der Waals surface area contributed by atoms with Gasteiger partial charge in [-0.1, -0.05) is 31.4 Å². The second kappa shape index (κ2) is 8.35. The normalized spacial score (nSPS) is 15.8. The fourth-order valence-corrected chi connectivity index (χ4v) is 5.72. The molecule has 0 atom stereocenters. The molecule has 2 heterocycles. The SMILES string of the molecule is CC(C)n1c(=O)c2cn(S(=O)(=O)c3ccc(C4CCCCC4)cc3)nc2n(C(C)C)c1=O. The topological polar surface area (TPSA) is 96.0 Å². The zero-order chi connectivity index (χ0) is 23.2. The minimum atomic E-state index is -4.01. The molecule has 0 bridgehead atoms. The first kappa shape index (κ1) is 22.5. The zero-order valence-corrected chi connectivity index (χ0v) is 19.8. The molecule has 0 N–H and O–H groups in total. The van der Waals surface area contributed by atoms with Gasteiger partial charge in [-0.25, -0.2) is 4.79 Å². The largest absolute Gasteiger partial charge is 0.333 e. The fourth-order valence-electron chi connectivity index (χ4n) is 4.60. The Bertz CT molecular complexity index is 1360. The molecule has 4 rings (SSSR count). The predicted octanol–water partition coefficient (Wildman–Crippen LogP) is 3.81. The monoisotopic (exact) mass is 458 g/mol. The van der Waals surface area contributed by atoms with Gasteiger partial charge in [0.1, 0.15) is 5.39 Å². The molecule has 0 amide bonds. The lowest BCUT2D eigenvalue weighted by molar-refractivity contribution is 0.443. The first-order valence-electron chi connectivity index (χ1n) is 11.2. The van der Waals surface area contributed by atoms with Gasteiger partial charge >= 0.3 is 5.69 Å². The van der Waals surface area contributed by atoms with Crippen LogP contribution >= 0.6 is 0 Å². The third-order valence-corrected chi connectivity index (χ3v) is 7.84. The summed E-state index contributed by atoms with van der Waals surface area (Å²) in [7, 11) is -4.01. The van der Waals surface area contributed by atoms with Gasteiger partial charge in [-0.3, -0.25) is 13.9 Å². The Kier molecular flexibility index (Phi) is 5.87. The highest BCUT2D eigenvalue weighted by Crippen LogP contribution is 2.33. The van der Waals surface area contributed by atoms with E-state index in [0.717, 1.165) is 27.1 Å². The van der Waals surface area contributed by atoms with Crippen LogP contribution in [0.5, 0.6) is 0 Å². The molecule has 9 heteroatoms. The number of hydrogen-bond donors (Lipinski definition) is 0. The Morgan fingerprint density at radius 1 is 0.906 bits per heavy atom. The molecule has 32 heavy (non-hydrogen) atoms. The Morgan fingerprint density at radius 2 is 1.50 bits per heavy atom. The van der Waals surface area contributed by atoms with Crippen molar-refractivity contribution in [3.05, 3.63) is 56.9 Å². The predicted molar refractivity (Wildman–Crippen MR) is 124 cm³/mol. The van der Waals surface area contributed by atoms with Gasteiger partial charge in [0.05, 0.1) is 11.1 Å². The van der Waals surface area contributed by atoms with E-state index in [1.54, 1.807) is 39.8 Å². The van der Waals surface area contributed by atoms with Crippen LogP contribution in [0.1, 0.15) is 83.4 Å². The lowest BCUT2D eigenvalue weighted by atomic mass is 9.84. The molecule has 1 fully saturated rings. The summed E-state index contributed by atoms with van der Waals surface area (Å²) in [6, 6.07) is 6.30. The van der Waals surface area contributed by atoms with Crippen molar-refractivity contribution in [2.24, 2.45) is 0 Å². The molecule has 0 saturated heterocycles. The maximum Gasteiger partial charge on any atom is 0.333 e. The van der Waals surface area contributed by atoms with Crippen LogP contribution in [0.3, 0.4) is 0 Å². The number of hydrogen-bond acceptors (Lipinski definition) is 5. The summed E-state index contributed by atoms with van der Waals surface area (Å²) in [4.78, 5) is 26.0. The lowest BCUT2D eigenvalue weighted by Gasteiger charge is -2.22. The van der Waals surface area contributed by atoms with Gasteiger partial charge < -0.3 is 0 Å². The maximum absolute atomic E-state index is 13.3. The summed E-state index contributed by atoms with van der Waals surface area (Å²) in [5.41, 5.74) is 0.204. The molecule has 1 saturated carbocycles. The van der Waals surface area contributed by atoms with Crippen molar-refractivity contribution in [1.29, 1.82) is 0 Å². The van der Waals surface area contributed by atoms with Crippen LogP contribution in [0, 0.1) is 0 Å². The third kappa shape index (κ3) is 3.72. The van der Waals surface area contributed by atoms with Crippen molar-refractivity contribution in [1.82, 2.24) is 18.3 Å². The summed E-state index contributed by atoms with van der Waals surface area (Å²) in [5, 5.41) is 4.30. The Labute approximate surface area is 187 Å². The second-order valence-corrected chi connectivity index (χ2v) is 11.0. The van der Waals surface area contributed by atoms with Gasteiger partial charge in [0, 0.05) is 12.1 Å². The summed E-state index contributed by atoms with van der Waals surface area (Å²) < 4.78 is 29.9. The molecule has 1 aliphatic carbocycles. The Morgan fingerprint density at radius 3 is 2.06 bits per heavy atom. The number of fused-ring (bicyclic) bond motifs is 1. The summed E-state index contributed by atoms with van der Waals surface area (Å²) in [6.45, 7) is 7.09. The average molecular weight is 459 g/mol. The molecule has 8 nitrogen and oxygen atoms in total. The van der Waals surface area contributed by atoms with Gasteiger partial charge in [0.25, 0.3) is 15.6 Å². The standard InChI is InChI=1S/C23H30N4O4S/c1-15(2)26-21-20(22(28)27(16(3)4)23(26)29)14-25(24-21)32(30,31)19-12-10-18(11-13-19)17-8-6-5-7-9-17/h10-17H,5-9H2,1-4H3. The van der Waals surface area contributed by atoms with E-state index in [2.05, 4.69) is 5.10 Å². The highest BCUT2D eigenvalue weighted by atomic mass is 32.2. The lowest BCUT2D eigenvalue weighted by Crippen LogP contribution is -2.41. The summed E-state index contributed by atoms with van der Waals surface area (Å²) in [6.07, 6.45) is 7.15. The first-order chi connectivity index (χ1) is 15.1. The molecule has 0 spiro atoms. The van der Waals surface area contributed by atoms with Crippen LogP contribution in [0.4, 0.5) is 0 Å². The minimum absolute atomic E-state index is 0.0781. The Hall–Kier alpha value is -2.68. The van der Waals surface area contributed by atoms with Crippen molar-refractivity contribution in [3.8, 4) is 0 Å². The molecule has 0 aliphatic heterocycles. The third-order valence-electron chi connectivity index (χ3n) is 6.30. The number of aromatic nitrogens is 4. The van der Waals surface area contributed by atoms with E-state index in [0.29, 0.717) is 5.92 Å². The van der Waals surface area contributed by atoms with Crippen molar-refractivity contribution in [3.63, 3.8) is 0 Å². The van der Waals surface area contributed by atoms with Crippen molar-refractivity contribution < 1.29 is 8.42 Å². The average Bonchev–Trinajstić information content (AvgIpc) is 3.20. The van der Waals surface area contributed by atoms with Gasteiger partial charge in [-0.15, -0.1) is 5.10 Å². The Balaban J connectivity index is 1.82. The van der Waals surface area contributed by atoms with E-state index < -0.39 is 21.3 Å². The van der Waals surface area contributed by atoms with Crippen molar-refractivity contribution in [2.45, 2.75) is 82.7 Å². The molecule has 0 radical (unpaired) electrons. The van der Waals surface area contributed by atoms with Crippen LogP contribution in [0.25, 0.3) is 11.0 Å². The van der Waals surface area contributed by atoms with E-state index in [4.69, 9.17) is 0 Å². The number of nitrogens with zero attached hydrogens (tertiary/aromatic N) is 4. The molecule has 1 aromatic carbocycles. The molecular weight excluding hydrogens is 428 g/mol. The van der Waals surface area contributed by atoms with Gasteiger partial charge in [0.15, 0.2) is 5.65 Å². The quantitative estimate of drug-likeness (QED) is 0.579. The van der Waals surface area contributed by atoms with E-state index in [1.807, 2.05) is 12.1 Å². The number of benzene rings is 1. The van der Waals surface area contributed by atoms with Gasteiger partial charge in [0.2, 0.25) is 0 Å². The van der Waals surface area contributed by atoms with E-state index in [-0.39, 0.29) is 28.0 Å². The van der Waals surface area contributed by atoms with E-state index in [9.17, 15) is 18.0 Å². The molecule has 0 unspecified atom stereocenters. The maximum atomic E-state index is 13.3. The first-order valence-corrected chi connectivity index (χ1v) is 12.7. The molecule has 1 aliphatic rings. The zero-order valence-electron chi connectivity index (χ0n) is 19.0. The van der Waals surface area contributed by atoms with Crippen molar-refractivity contribution in [2.75, 3.05) is 0 Å². The molecule has 2 aromatic heterocycles. The second-order valence-electron chi connectivity index (χ2n) is 9.16. The van der Waals surface area contributed by atoms with Gasteiger partial charge in [-0.05, 0) is 64.2 Å². The van der Waals surface area contributed by atoms with Gasteiger partial charge in [-0.2, -0.15) is 12.5 Å². The fraction of sp³-hybridized carbons (Fsp3) is 0.522. The van der Waals surface area contributed by atoms with E-state index >= 15 is 0 Å². The summed E-state index contributed by atoms with van der Waals surface area (Å²) >= 11 is 0. The van der Waals surface area contributed by atoms with Crippen LogP contribution in [0.2, 0.25) is 0 Å². The summed E-state index contributed by atoms with van der Waals surface area (Å²) in [5.74, 6) is 0.475. The molecular formula is C23H30N4O4S. The smallest absolute Gasteiger partial charge is 0.273 e. The number of rotatable bonds is 5. The molecule has 3 aromatic rings. The highest BCUT2D eigenvalue weighted by Gasteiger charge is 2.25. The highest BCUT2D eigenvalue weighted by molar-refractivity contribution is 7.89. The van der Waals surface area contributed by atoms with Crippen molar-refractivity contribution >= 4 is 21.1 Å². The van der Waals surface area contributed by atoms with Crippen LogP contribution in [-0.2, 0) is 10.0 Å².